The maximum atomic E-state index is 5.89. The van der Waals surface area contributed by atoms with E-state index in [0.717, 1.165) is 36.0 Å². The highest BCUT2D eigenvalue weighted by Crippen LogP contribution is 2.27. The summed E-state index contributed by atoms with van der Waals surface area (Å²) < 4.78 is 5.89. The summed E-state index contributed by atoms with van der Waals surface area (Å²) in [6.07, 6.45) is 1.25. The van der Waals surface area contributed by atoms with Crippen molar-refractivity contribution in [2.24, 2.45) is 0 Å². The fourth-order valence-corrected chi connectivity index (χ4v) is 3.23. The minimum atomic E-state index is 0.250. The van der Waals surface area contributed by atoms with Crippen LogP contribution in [-0.2, 0) is 13.0 Å². The summed E-state index contributed by atoms with van der Waals surface area (Å²) in [7, 11) is 0. The molecule has 1 atom stereocenters. The quantitative estimate of drug-likeness (QED) is 0.931. The third kappa shape index (κ3) is 2.80. The van der Waals surface area contributed by atoms with Gasteiger partial charge in [-0.15, -0.1) is 11.3 Å². The van der Waals surface area contributed by atoms with Crippen molar-refractivity contribution >= 4 is 11.3 Å². The van der Waals surface area contributed by atoms with Gasteiger partial charge in [-0.25, -0.2) is 4.98 Å². The lowest BCUT2D eigenvalue weighted by Crippen LogP contribution is -2.29. The number of benzene rings is 1. The van der Waals surface area contributed by atoms with Gasteiger partial charge in [-0.05, 0) is 25.5 Å². The van der Waals surface area contributed by atoms with Gasteiger partial charge in [0.1, 0.15) is 16.9 Å². The van der Waals surface area contributed by atoms with Gasteiger partial charge in [-0.3, -0.25) is 0 Å². The van der Waals surface area contributed by atoms with Crippen LogP contribution in [-0.4, -0.2) is 17.6 Å². The van der Waals surface area contributed by atoms with Crippen molar-refractivity contribution in [2.45, 2.75) is 32.9 Å². The number of thiazole rings is 1. The van der Waals surface area contributed by atoms with Crippen LogP contribution in [0.2, 0.25) is 0 Å². The molecule has 100 valence electrons. The summed E-state index contributed by atoms with van der Waals surface area (Å²) in [5.41, 5.74) is 2.46. The van der Waals surface area contributed by atoms with Crippen LogP contribution in [0.3, 0.4) is 0 Å². The van der Waals surface area contributed by atoms with Gasteiger partial charge in [0.25, 0.3) is 0 Å². The van der Waals surface area contributed by atoms with Crippen molar-refractivity contribution in [3.8, 4) is 5.75 Å². The van der Waals surface area contributed by atoms with E-state index in [-0.39, 0.29) is 6.10 Å². The largest absolute Gasteiger partial charge is 0.488 e. The summed E-state index contributed by atoms with van der Waals surface area (Å²) in [6, 6.07) is 8.28. The summed E-state index contributed by atoms with van der Waals surface area (Å²) in [6.45, 7) is 5.88. The van der Waals surface area contributed by atoms with Gasteiger partial charge in [0.05, 0.1) is 5.69 Å². The monoisotopic (exact) mass is 274 g/mol. The molecule has 2 heterocycles. The summed E-state index contributed by atoms with van der Waals surface area (Å²) in [5, 5.41) is 4.60. The number of nitrogens with one attached hydrogen (secondary N) is 1. The first-order valence-corrected chi connectivity index (χ1v) is 7.42. The number of hydrogen-bond acceptors (Lipinski definition) is 4. The van der Waals surface area contributed by atoms with Crippen LogP contribution >= 0.6 is 11.3 Å². The Morgan fingerprint density at radius 3 is 2.95 bits per heavy atom. The minimum absolute atomic E-state index is 0.250. The third-order valence-corrected chi connectivity index (χ3v) is 4.51. The van der Waals surface area contributed by atoms with E-state index >= 15 is 0 Å². The summed E-state index contributed by atoms with van der Waals surface area (Å²) in [5.74, 6) is 1.04. The minimum Gasteiger partial charge on any atom is -0.488 e. The van der Waals surface area contributed by atoms with Crippen molar-refractivity contribution in [3.05, 3.63) is 45.4 Å². The lowest BCUT2D eigenvalue weighted by molar-refractivity contribution is 0.227. The van der Waals surface area contributed by atoms with Gasteiger partial charge in [-0.2, -0.15) is 0 Å². The normalized spacial score (nSPS) is 17.3. The lowest BCUT2D eigenvalue weighted by Gasteiger charge is -2.10. The van der Waals surface area contributed by atoms with Crippen LogP contribution < -0.4 is 10.1 Å². The predicted molar refractivity (Wildman–Crippen MR) is 77.9 cm³/mol. The van der Waals surface area contributed by atoms with Gasteiger partial charge < -0.3 is 10.1 Å². The molecule has 0 aliphatic carbocycles. The lowest BCUT2D eigenvalue weighted by atomic mass is 10.1. The number of ether oxygens (including phenoxy) is 1. The van der Waals surface area contributed by atoms with Crippen LogP contribution in [0.4, 0.5) is 0 Å². The smallest absolute Gasteiger partial charge is 0.123 e. The highest BCUT2D eigenvalue weighted by molar-refractivity contribution is 7.11. The number of hydrogen-bond donors (Lipinski definition) is 1. The molecule has 0 saturated heterocycles. The van der Waals surface area contributed by atoms with E-state index in [9.17, 15) is 0 Å². The van der Waals surface area contributed by atoms with E-state index in [1.807, 2.05) is 12.1 Å². The number of aromatic nitrogens is 1. The molecule has 4 heteroatoms. The number of para-hydroxylation sites is 1. The second-order valence-corrected chi connectivity index (χ2v) is 6.22. The number of nitrogens with zero attached hydrogens (tertiary/aromatic N) is 1. The van der Waals surface area contributed by atoms with Gasteiger partial charge in [0.2, 0.25) is 0 Å². The highest BCUT2D eigenvalue weighted by Gasteiger charge is 2.21. The van der Waals surface area contributed by atoms with Crippen LogP contribution in [0.25, 0.3) is 0 Å². The van der Waals surface area contributed by atoms with Crippen molar-refractivity contribution in [1.82, 2.24) is 10.3 Å². The molecular weight excluding hydrogens is 256 g/mol. The second-order valence-electron chi connectivity index (χ2n) is 4.93. The first kappa shape index (κ1) is 12.6. The zero-order valence-corrected chi connectivity index (χ0v) is 12.1. The molecule has 1 unspecified atom stereocenters. The molecule has 2 aromatic rings. The fourth-order valence-electron chi connectivity index (χ4n) is 2.32. The van der Waals surface area contributed by atoms with E-state index in [4.69, 9.17) is 4.74 Å². The standard InChI is InChI=1S/C15H18N2OS/c1-10-11(2)19-15(17-10)9-16-8-13-7-12-5-3-4-6-14(12)18-13/h3-6,13,16H,7-9H2,1-2H3. The molecule has 1 aliphatic heterocycles. The number of aryl methyl sites for hydroxylation is 2. The van der Waals surface area contributed by atoms with Crippen molar-refractivity contribution in [3.63, 3.8) is 0 Å². The molecule has 0 amide bonds. The van der Waals surface area contributed by atoms with Gasteiger partial charge in [0.15, 0.2) is 0 Å². The van der Waals surface area contributed by atoms with Crippen LogP contribution in [0.5, 0.6) is 5.75 Å². The van der Waals surface area contributed by atoms with E-state index < -0.39 is 0 Å². The Balaban J connectivity index is 1.50. The maximum Gasteiger partial charge on any atom is 0.123 e. The van der Waals surface area contributed by atoms with Crippen LogP contribution in [0, 0.1) is 13.8 Å². The predicted octanol–water partition coefficient (Wildman–Crippen LogP) is 2.85. The first-order valence-electron chi connectivity index (χ1n) is 6.60. The van der Waals surface area contributed by atoms with E-state index in [1.165, 1.54) is 10.4 Å². The molecule has 0 fully saturated rings. The van der Waals surface area contributed by atoms with E-state index in [2.05, 4.69) is 36.3 Å². The molecule has 1 aromatic heterocycles. The molecule has 0 saturated carbocycles. The van der Waals surface area contributed by atoms with E-state index in [1.54, 1.807) is 11.3 Å². The zero-order valence-electron chi connectivity index (χ0n) is 11.3. The van der Waals surface area contributed by atoms with Crippen molar-refractivity contribution in [1.29, 1.82) is 0 Å². The Bertz CT molecular complexity index is 535. The number of fused-ring (bicyclic) bond motifs is 1. The molecule has 0 spiro atoms. The fraction of sp³-hybridized carbons (Fsp3) is 0.400. The Kier molecular flexibility index (Phi) is 3.53. The van der Waals surface area contributed by atoms with Gasteiger partial charge in [-0.1, -0.05) is 18.2 Å². The molecule has 1 N–H and O–H groups in total. The topological polar surface area (TPSA) is 34.2 Å². The molecule has 1 aliphatic rings. The highest BCUT2D eigenvalue weighted by atomic mass is 32.1. The molecule has 3 rings (SSSR count). The SMILES string of the molecule is Cc1nc(CNCC2Cc3ccccc3O2)sc1C. The average molecular weight is 274 g/mol. The molecule has 3 nitrogen and oxygen atoms in total. The Labute approximate surface area is 117 Å². The van der Waals surface area contributed by atoms with Gasteiger partial charge >= 0.3 is 0 Å². The van der Waals surface area contributed by atoms with Gasteiger partial charge in [0, 0.05) is 24.4 Å². The zero-order chi connectivity index (χ0) is 13.2. The first-order chi connectivity index (χ1) is 9.22. The maximum absolute atomic E-state index is 5.89. The van der Waals surface area contributed by atoms with Crippen molar-refractivity contribution in [2.75, 3.05) is 6.54 Å². The molecule has 19 heavy (non-hydrogen) atoms. The van der Waals surface area contributed by atoms with Crippen LogP contribution in [0.1, 0.15) is 21.1 Å². The Morgan fingerprint density at radius 2 is 2.21 bits per heavy atom. The molecular formula is C15H18N2OS. The second kappa shape index (κ2) is 5.31. The Morgan fingerprint density at radius 1 is 1.37 bits per heavy atom. The van der Waals surface area contributed by atoms with Crippen LogP contribution in [0.15, 0.2) is 24.3 Å². The number of rotatable bonds is 4. The summed E-state index contributed by atoms with van der Waals surface area (Å²) in [4.78, 5) is 5.84. The van der Waals surface area contributed by atoms with E-state index in [0.29, 0.717) is 0 Å². The summed E-state index contributed by atoms with van der Waals surface area (Å²) >= 11 is 1.77. The molecule has 0 radical (unpaired) electrons. The third-order valence-electron chi connectivity index (χ3n) is 3.43. The molecule has 0 bridgehead atoms. The molecule has 1 aromatic carbocycles. The average Bonchev–Trinajstić information content (AvgIpc) is 2.93. The van der Waals surface area contributed by atoms with Crippen molar-refractivity contribution < 1.29 is 4.74 Å². The Hall–Kier alpha value is -1.39.